The second kappa shape index (κ2) is 7.62. The van der Waals surface area contributed by atoms with Gasteiger partial charge in [-0.3, -0.25) is 0 Å². The third-order valence-electron chi connectivity index (χ3n) is 3.93. The van der Waals surface area contributed by atoms with Gasteiger partial charge < -0.3 is 21.1 Å². The Balaban J connectivity index is 2.00. The zero-order chi connectivity index (χ0) is 17.0. The summed E-state index contributed by atoms with van der Waals surface area (Å²) in [6, 6.07) is 14.2. The van der Waals surface area contributed by atoms with Crippen LogP contribution in [0.3, 0.4) is 0 Å². The first-order chi connectivity index (χ1) is 10.9. The van der Waals surface area contributed by atoms with Crippen LogP contribution in [0.5, 0.6) is 5.75 Å². The summed E-state index contributed by atoms with van der Waals surface area (Å²) in [4.78, 5) is 4.36. The minimum absolute atomic E-state index is 0.125. The van der Waals surface area contributed by atoms with E-state index in [0.717, 1.165) is 15.5 Å². The van der Waals surface area contributed by atoms with Gasteiger partial charge >= 0.3 is 0 Å². The SMILES string of the molecule is CC(Oc1ccc(Sc2ccc(N)c(N)c2)cc1)C(C)N(C)C. The van der Waals surface area contributed by atoms with E-state index in [-0.39, 0.29) is 6.10 Å². The first-order valence-corrected chi connectivity index (χ1v) is 8.44. The third kappa shape index (κ3) is 4.81. The molecule has 2 atom stereocenters. The predicted octanol–water partition coefficient (Wildman–Crippen LogP) is 3.72. The molecule has 0 saturated heterocycles. The molecule has 2 rings (SSSR count). The molecule has 0 saturated carbocycles. The van der Waals surface area contributed by atoms with E-state index >= 15 is 0 Å². The van der Waals surface area contributed by atoms with Gasteiger partial charge in [-0.15, -0.1) is 0 Å². The number of likely N-dealkylation sites (N-methyl/N-ethyl adjacent to an activating group) is 1. The van der Waals surface area contributed by atoms with Crippen LogP contribution in [0.2, 0.25) is 0 Å². The highest BCUT2D eigenvalue weighted by molar-refractivity contribution is 7.99. The molecule has 0 aliphatic heterocycles. The molecule has 5 heteroatoms. The first kappa shape index (κ1) is 17.5. The Morgan fingerprint density at radius 2 is 1.52 bits per heavy atom. The van der Waals surface area contributed by atoms with Crippen LogP contribution < -0.4 is 16.2 Å². The monoisotopic (exact) mass is 331 g/mol. The number of hydrogen-bond acceptors (Lipinski definition) is 5. The van der Waals surface area contributed by atoms with Crippen molar-refractivity contribution in [2.45, 2.75) is 35.8 Å². The van der Waals surface area contributed by atoms with E-state index in [9.17, 15) is 0 Å². The van der Waals surface area contributed by atoms with Crippen LogP contribution in [0, 0.1) is 0 Å². The maximum atomic E-state index is 5.99. The number of nitrogens with zero attached hydrogens (tertiary/aromatic N) is 1. The van der Waals surface area contributed by atoms with Gasteiger partial charge in [0, 0.05) is 15.8 Å². The molecule has 0 fully saturated rings. The van der Waals surface area contributed by atoms with Crippen LogP contribution in [-0.2, 0) is 0 Å². The number of benzene rings is 2. The summed E-state index contributed by atoms with van der Waals surface area (Å²) in [5.41, 5.74) is 12.8. The van der Waals surface area contributed by atoms with Gasteiger partial charge in [-0.25, -0.2) is 0 Å². The van der Waals surface area contributed by atoms with Crippen molar-refractivity contribution in [2.24, 2.45) is 0 Å². The molecule has 0 aliphatic carbocycles. The normalized spacial score (nSPS) is 13.8. The first-order valence-electron chi connectivity index (χ1n) is 7.63. The van der Waals surface area contributed by atoms with Crippen molar-refractivity contribution in [1.29, 1.82) is 0 Å². The van der Waals surface area contributed by atoms with Crippen LogP contribution in [0.1, 0.15) is 13.8 Å². The Bertz CT molecular complexity index is 643. The number of rotatable bonds is 6. The van der Waals surface area contributed by atoms with Gasteiger partial charge in [0.1, 0.15) is 11.9 Å². The van der Waals surface area contributed by atoms with E-state index in [1.54, 1.807) is 11.8 Å². The van der Waals surface area contributed by atoms with Gasteiger partial charge in [-0.05, 0) is 70.4 Å². The number of anilines is 2. The Hall–Kier alpha value is -1.85. The van der Waals surface area contributed by atoms with Crippen molar-refractivity contribution in [3.63, 3.8) is 0 Å². The zero-order valence-electron chi connectivity index (χ0n) is 14.1. The van der Waals surface area contributed by atoms with Gasteiger partial charge in [0.25, 0.3) is 0 Å². The van der Waals surface area contributed by atoms with E-state index in [4.69, 9.17) is 16.2 Å². The van der Waals surface area contributed by atoms with Crippen LogP contribution in [0.15, 0.2) is 52.3 Å². The van der Waals surface area contributed by atoms with Crippen LogP contribution in [0.25, 0.3) is 0 Å². The molecule has 0 aliphatic rings. The lowest BCUT2D eigenvalue weighted by atomic mass is 10.2. The van der Waals surface area contributed by atoms with Crippen molar-refractivity contribution in [1.82, 2.24) is 4.90 Å². The molecule has 2 unspecified atom stereocenters. The summed E-state index contributed by atoms with van der Waals surface area (Å²) in [7, 11) is 4.12. The maximum absolute atomic E-state index is 5.99. The fourth-order valence-electron chi connectivity index (χ4n) is 2.07. The van der Waals surface area contributed by atoms with Gasteiger partial charge in [0.05, 0.1) is 11.4 Å². The van der Waals surface area contributed by atoms with Crippen LogP contribution >= 0.6 is 11.8 Å². The molecule has 0 bridgehead atoms. The molecule has 4 N–H and O–H groups in total. The molecule has 23 heavy (non-hydrogen) atoms. The topological polar surface area (TPSA) is 64.5 Å². The Labute approximate surface area is 142 Å². The van der Waals surface area contributed by atoms with Gasteiger partial charge in [0.2, 0.25) is 0 Å². The summed E-state index contributed by atoms with van der Waals surface area (Å²) in [5.74, 6) is 0.882. The predicted molar refractivity (Wildman–Crippen MR) is 99.1 cm³/mol. The fourth-order valence-corrected chi connectivity index (χ4v) is 2.94. The van der Waals surface area contributed by atoms with E-state index < -0.39 is 0 Å². The molecular weight excluding hydrogens is 306 g/mol. The van der Waals surface area contributed by atoms with Crippen molar-refractivity contribution in [2.75, 3.05) is 25.6 Å². The maximum Gasteiger partial charge on any atom is 0.119 e. The van der Waals surface area contributed by atoms with Gasteiger partial charge in [0.15, 0.2) is 0 Å². The standard InChI is InChI=1S/C18H25N3OS/c1-12(21(3)4)13(2)22-14-5-7-15(8-6-14)23-16-9-10-17(19)18(20)11-16/h5-13H,19-20H2,1-4H3. The van der Waals surface area contributed by atoms with Gasteiger partial charge in [-0.1, -0.05) is 11.8 Å². The highest BCUT2D eigenvalue weighted by Crippen LogP contribution is 2.31. The summed E-state index contributed by atoms with van der Waals surface area (Å²) in [6.45, 7) is 4.24. The van der Waals surface area contributed by atoms with Crippen molar-refractivity contribution >= 4 is 23.1 Å². The molecule has 124 valence electrons. The molecule has 2 aromatic carbocycles. The Kier molecular flexibility index (Phi) is 5.80. The lowest BCUT2D eigenvalue weighted by Crippen LogP contribution is -2.37. The lowest BCUT2D eigenvalue weighted by Gasteiger charge is -2.27. The summed E-state index contributed by atoms with van der Waals surface area (Å²) >= 11 is 1.65. The molecule has 0 amide bonds. The Morgan fingerprint density at radius 1 is 0.913 bits per heavy atom. The fraction of sp³-hybridized carbons (Fsp3) is 0.333. The minimum atomic E-state index is 0.125. The highest BCUT2D eigenvalue weighted by Gasteiger charge is 2.15. The molecule has 0 spiro atoms. The van der Waals surface area contributed by atoms with Gasteiger partial charge in [-0.2, -0.15) is 0 Å². The average molecular weight is 331 g/mol. The summed E-state index contributed by atoms with van der Waals surface area (Å²) in [6.07, 6.45) is 0.125. The van der Waals surface area contributed by atoms with Crippen molar-refractivity contribution in [3.05, 3.63) is 42.5 Å². The highest BCUT2D eigenvalue weighted by atomic mass is 32.2. The molecule has 0 heterocycles. The minimum Gasteiger partial charge on any atom is -0.489 e. The molecular formula is C18H25N3OS. The molecule has 0 aromatic heterocycles. The number of hydrogen-bond donors (Lipinski definition) is 2. The van der Waals surface area contributed by atoms with Crippen molar-refractivity contribution in [3.8, 4) is 5.75 Å². The van der Waals surface area contributed by atoms with Crippen LogP contribution in [0.4, 0.5) is 11.4 Å². The third-order valence-corrected chi connectivity index (χ3v) is 4.93. The second-order valence-electron chi connectivity index (χ2n) is 5.89. The lowest BCUT2D eigenvalue weighted by molar-refractivity contribution is 0.121. The number of ether oxygens (including phenoxy) is 1. The quantitative estimate of drug-likeness (QED) is 0.790. The summed E-state index contributed by atoms with van der Waals surface area (Å²) in [5, 5.41) is 0. The van der Waals surface area contributed by atoms with E-state index in [1.165, 1.54) is 0 Å². The molecule has 4 nitrogen and oxygen atoms in total. The van der Waals surface area contributed by atoms with E-state index in [1.807, 2.05) is 30.3 Å². The second-order valence-corrected chi connectivity index (χ2v) is 7.04. The Morgan fingerprint density at radius 3 is 2.09 bits per heavy atom. The smallest absolute Gasteiger partial charge is 0.119 e. The summed E-state index contributed by atoms with van der Waals surface area (Å²) < 4.78 is 5.99. The molecule has 2 aromatic rings. The van der Waals surface area contributed by atoms with E-state index in [2.05, 4.69) is 45.0 Å². The largest absolute Gasteiger partial charge is 0.489 e. The average Bonchev–Trinajstić information content (AvgIpc) is 2.52. The zero-order valence-corrected chi connectivity index (χ0v) is 14.9. The number of nitrogen functional groups attached to an aromatic ring is 2. The molecule has 0 radical (unpaired) electrons. The van der Waals surface area contributed by atoms with Crippen molar-refractivity contribution < 1.29 is 4.74 Å². The van der Waals surface area contributed by atoms with E-state index in [0.29, 0.717) is 17.4 Å². The number of nitrogens with two attached hydrogens (primary N) is 2. The van der Waals surface area contributed by atoms with Crippen LogP contribution in [-0.4, -0.2) is 31.1 Å².